The first-order valence-corrected chi connectivity index (χ1v) is 8.71. The van der Waals surface area contributed by atoms with Gasteiger partial charge >= 0.3 is 0 Å². The van der Waals surface area contributed by atoms with Gasteiger partial charge in [-0.3, -0.25) is 0 Å². The van der Waals surface area contributed by atoms with E-state index in [2.05, 4.69) is 60.8 Å². The lowest BCUT2D eigenvalue weighted by Gasteiger charge is -2.32. The van der Waals surface area contributed by atoms with Crippen molar-refractivity contribution in [3.05, 3.63) is 65.7 Å². The predicted octanol–water partition coefficient (Wildman–Crippen LogP) is 5.07. The van der Waals surface area contributed by atoms with Gasteiger partial charge in [0.05, 0.1) is 7.11 Å². The van der Waals surface area contributed by atoms with Gasteiger partial charge < -0.3 is 10.1 Å². The summed E-state index contributed by atoms with van der Waals surface area (Å²) >= 11 is 0. The summed E-state index contributed by atoms with van der Waals surface area (Å²) in [6.07, 6.45) is 5.06. The average Bonchev–Trinajstić information content (AvgIpc) is 2.63. The van der Waals surface area contributed by atoms with E-state index in [1.807, 2.05) is 6.07 Å². The van der Waals surface area contributed by atoms with Gasteiger partial charge in [-0.2, -0.15) is 0 Å². The van der Waals surface area contributed by atoms with Gasteiger partial charge in [-0.15, -0.1) is 0 Å². The van der Waals surface area contributed by atoms with Crippen LogP contribution in [0.5, 0.6) is 5.75 Å². The van der Waals surface area contributed by atoms with E-state index in [0.717, 1.165) is 5.75 Å². The number of ether oxygens (including phenoxy) is 1. The van der Waals surface area contributed by atoms with E-state index in [1.54, 1.807) is 7.11 Å². The molecule has 0 amide bonds. The van der Waals surface area contributed by atoms with E-state index in [0.29, 0.717) is 18.0 Å². The van der Waals surface area contributed by atoms with E-state index in [4.69, 9.17) is 4.74 Å². The molecule has 2 heteroatoms. The second-order valence-electron chi connectivity index (χ2n) is 6.64. The molecule has 1 N–H and O–H groups in total. The smallest absolute Gasteiger partial charge is 0.119 e. The van der Waals surface area contributed by atoms with Crippen LogP contribution in [0.4, 0.5) is 0 Å². The molecule has 0 aromatic heterocycles. The molecule has 1 aliphatic rings. The highest BCUT2D eigenvalue weighted by molar-refractivity contribution is 5.31. The molecule has 1 fully saturated rings. The van der Waals surface area contributed by atoms with Crippen LogP contribution in [0.15, 0.2) is 54.6 Å². The Labute approximate surface area is 139 Å². The number of benzene rings is 2. The Morgan fingerprint density at radius 1 is 1.04 bits per heavy atom. The van der Waals surface area contributed by atoms with Gasteiger partial charge in [0.1, 0.15) is 5.75 Å². The molecule has 3 atom stereocenters. The maximum Gasteiger partial charge on any atom is 0.119 e. The maximum atomic E-state index is 5.38. The van der Waals surface area contributed by atoms with E-state index in [-0.39, 0.29) is 0 Å². The fourth-order valence-corrected chi connectivity index (χ4v) is 3.73. The monoisotopic (exact) mass is 309 g/mol. The largest absolute Gasteiger partial charge is 0.497 e. The summed E-state index contributed by atoms with van der Waals surface area (Å²) in [6.45, 7) is 2.27. The molecule has 23 heavy (non-hydrogen) atoms. The molecule has 3 rings (SSSR count). The zero-order chi connectivity index (χ0) is 16.1. The second-order valence-corrected chi connectivity index (χ2v) is 6.64. The van der Waals surface area contributed by atoms with Gasteiger partial charge in [0.2, 0.25) is 0 Å². The quantitative estimate of drug-likeness (QED) is 0.832. The number of hydrogen-bond donors (Lipinski definition) is 1. The lowest BCUT2D eigenvalue weighted by atomic mass is 9.81. The minimum absolute atomic E-state index is 0.408. The number of nitrogens with one attached hydrogen (secondary N) is 1. The van der Waals surface area contributed by atoms with Crippen molar-refractivity contribution < 1.29 is 4.74 Å². The standard InChI is InChI=1S/C21H27NO/c1-16(17-8-4-3-5-9-17)22-20-12-6-10-18(14-20)19-11-7-13-21(15-19)23-2/h3-5,7-9,11,13,15-16,18,20,22H,6,10,12,14H2,1-2H3/t16-,18-,20-/m1/s1. The molecule has 0 unspecified atom stereocenters. The van der Waals surface area contributed by atoms with Crippen LogP contribution in [-0.4, -0.2) is 13.2 Å². The van der Waals surface area contributed by atoms with Crippen LogP contribution in [0, 0.1) is 0 Å². The summed E-state index contributed by atoms with van der Waals surface area (Å²) in [5, 5.41) is 3.83. The molecular formula is C21H27NO. The van der Waals surface area contributed by atoms with Crippen molar-refractivity contribution in [3.8, 4) is 5.75 Å². The summed E-state index contributed by atoms with van der Waals surface area (Å²) in [5.74, 6) is 1.61. The zero-order valence-corrected chi connectivity index (χ0v) is 14.2. The fourth-order valence-electron chi connectivity index (χ4n) is 3.73. The lowest BCUT2D eigenvalue weighted by Crippen LogP contribution is -2.35. The number of rotatable bonds is 5. The fraction of sp³-hybridized carbons (Fsp3) is 0.429. The van der Waals surface area contributed by atoms with Crippen molar-refractivity contribution in [1.82, 2.24) is 5.32 Å². The molecule has 2 nitrogen and oxygen atoms in total. The number of hydrogen-bond acceptors (Lipinski definition) is 2. The van der Waals surface area contributed by atoms with Crippen molar-refractivity contribution in [1.29, 1.82) is 0 Å². The highest BCUT2D eigenvalue weighted by atomic mass is 16.5. The Kier molecular flexibility index (Phi) is 5.35. The Bertz CT molecular complexity index is 610. The van der Waals surface area contributed by atoms with Gasteiger partial charge in [-0.1, -0.05) is 48.9 Å². The molecule has 1 aliphatic carbocycles. The van der Waals surface area contributed by atoms with E-state index in [1.165, 1.54) is 36.8 Å². The Hall–Kier alpha value is -1.80. The summed E-state index contributed by atoms with van der Waals surface area (Å²) in [7, 11) is 1.74. The van der Waals surface area contributed by atoms with Crippen LogP contribution < -0.4 is 10.1 Å². The Morgan fingerprint density at radius 2 is 1.87 bits per heavy atom. The lowest BCUT2D eigenvalue weighted by molar-refractivity contribution is 0.317. The molecule has 2 aromatic rings. The van der Waals surface area contributed by atoms with Crippen molar-refractivity contribution in [2.24, 2.45) is 0 Å². The highest BCUT2D eigenvalue weighted by Crippen LogP contribution is 2.35. The van der Waals surface area contributed by atoms with Crippen LogP contribution in [0.1, 0.15) is 55.7 Å². The van der Waals surface area contributed by atoms with Gasteiger partial charge in [0, 0.05) is 12.1 Å². The predicted molar refractivity (Wildman–Crippen MR) is 96.0 cm³/mol. The third-order valence-corrected chi connectivity index (χ3v) is 5.02. The first-order valence-electron chi connectivity index (χ1n) is 8.71. The third-order valence-electron chi connectivity index (χ3n) is 5.02. The molecule has 0 radical (unpaired) electrons. The zero-order valence-electron chi connectivity index (χ0n) is 14.2. The molecule has 1 saturated carbocycles. The summed E-state index contributed by atoms with van der Waals surface area (Å²) < 4.78 is 5.38. The van der Waals surface area contributed by atoms with Gasteiger partial charge in [-0.25, -0.2) is 0 Å². The van der Waals surface area contributed by atoms with Crippen LogP contribution in [0.2, 0.25) is 0 Å². The third kappa shape index (κ3) is 4.14. The summed E-state index contributed by atoms with van der Waals surface area (Å²) in [5.41, 5.74) is 2.79. The molecule has 0 aliphatic heterocycles. The van der Waals surface area contributed by atoms with Crippen molar-refractivity contribution >= 4 is 0 Å². The first-order chi connectivity index (χ1) is 11.3. The van der Waals surface area contributed by atoms with Gasteiger partial charge in [0.15, 0.2) is 0 Å². The van der Waals surface area contributed by atoms with E-state index >= 15 is 0 Å². The van der Waals surface area contributed by atoms with Crippen LogP contribution in [0.3, 0.4) is 0 Å². The molecule has 122 valence electrons. The molecule has 0 saturated heterocycles. The van der Waals surface area contributed by atoms with Gasteiger partial charge in [-0.05, 0) is 55.4 Å². The number of methoxy groups -OCH3 is 1. The molecule has 2 aromatic carbocycles. The van der Waals surface area contributed by atoms with Crippen molar-refractivity contribution in [2.45, 2.75) is 50.6 Å². The first kappa shape index (κ1) is 16.1. The minimum atomic E-state index is 0.408. The maximum absolute atomic E-state index is 5.38. The van der Waals surface area contributed by atoms with Crippen molar-refractivity contribution in [3.63, 3.8) is 0 Å². The molecule has 0 spiro atoms. The topological polar surface area (TPSA) is 21.3 Å². The van der Waals surface area contributed by atoms with E-state index < -0.39 is 0 Å². The van der Waals surface area contributed by atoms with Gasteiger partial charge in [0.25, 0.3) is 0 Å². The van der Waals surface area contributed by atoms with Crippen molar-refractivity contribution in [2.75, 3.05) is 7.11 Å². The highest BCUT2D eigenvalue weighted by Gasteiger charge is 2.24. The SMILES string of the molecule is COc1cccc([C@@H]2CCC[C@@H](N[C@H](C)c3ccccc3)C2)c1. The Balaban J connectivity index is 1.64. The molecular weight excluding hydrogens is 282 g/mol. The Morgan fingerprint density at radius 3 is 2.65 bits per heavy atom. The van der Waals surface area contributed by atoms with Crippen LogP contribution in [-0.2, 0) is 0 Å². The molecule has 0 heterocycles. The second kappa shape index (κ2) is 7.65. The van der Waals surface area contributed by atoms with E-state index in [9.17, 15) is 0 Å². The minimum Gasteiger partial charge on any atom is -0.497 e. The summed E-state index contributed by atoms with van der Waals surface area (Å²) in [6, 6.07) is 20.3. The molecule has 0 bridgehead atoms. The normalized spacial score (nSPS) is 22.5. The van der Waals surface area contributed by atoms with Crippen LogP contribution >= 0.6 is 0 Å². The summed E-state index contributed by atoms with van der Waals surface area (Å²) in [4.78, 5) is 0. The van der Waals surface area contributed by atoms with Crippen LogP contribution in [0.25, 0.3) is 0 Å². The average molecular weight is 309 g/mol.